The first-order chi connectivity index (χ1) is 13.8. The van der Waals surface area contributed by atoms with Crippen LogP contribution in [0.4, 0.5) is 0 Å². The van der Waals surface area contributed by atoms with Crippen LogP contribution in [0.15, 0.2) is 53.5 Å². The van der Waals surface area contributed by atoms with Gasteiger partial charge in [0.05, 0.1) is 12.3 Å². The summed E-state index contributed by atoms with van der Waals surface area (Å²) in [6.07, 6.45) is 1.78. The summed E-state index contributed by atoms with van der Waals surface area (Å²) >= 11 is 0. The predicted molar refractivity (Wildman–Crippen MR) is 119 cm³/mol. The lowest BCUT2D eigenvalue weighted by atomic mass is 10.2. The Hall–Kier alpha value is -2.54. The number of para-hydroxylation sites is 2. The van der Waals surface area contributed by atoms with E-state index in [4.69, 9.17) is 4.74 Å². The first-order valence-electron chi connectivity index (χ1n) is 9.82. The highest BCUT2D eigenvalue weighted by Crippen LogP contribution is 2.28. The van der Waals surface area contributed by atoms with Crippen molar-refractivity contribution in [3.05, 3.63) is 59.7 Å². The lowest BCUT2D eigenvalue weighted by Crippen LogP contribution is -2.42. The van der Waals surface area contributed by atoms with Crippen molar-refractivity contribution in [3.63, 3.8) is 0 Å². The van der Waals surface area contributed by atoms with E-state index in [0.29, 0.717) is 25.5 Å². The van der Waals surface area contributed by atoms with E-state index in [9.17, 15) is 8.42 Å². The van der Waals surface area contributed by atoms with Crippen LogP contribution >= 0.6 is 0 Å². The molecule has 0 bridgehead atoms. The van der Waals surface area contributed by atoms with Gasteiger partial charge in [0.25, 0.3) is 0 Å². The molecule has 0 amide bonds. The van der Waals surface area contributed by atoms with Gasteiger partial charge in [-0.3, -0.25) is 0 Å². The minimum absolute atomic E-state index is 0.0130. The van der Waals surface area contributed by atoms with Crippen molar-refractivity contribution in [2.24, 2.45) is 4.99 Å². The summed E-state index contributed by atoms with van der Waals surface area (Å²) < 4.78 is 28.9. The van der Waals surface area contributed by atoms with E-state index in [-0.39, 0.29) is 11.8 Å². The number of hydrogen-bond acceptors (Lipinski definition) is 4. The zero-order chi connectivity index (χ0) is 21.3. The molecule has 0 aliphatic heterocycles. The molecular weight excluding hydrogens is 386 g/mol. The van der Waals surface area contributed by atoms with Crippen molar-refractivity contribution < 1.29 is 13.2 Å². The molecule has 0 aliphatic rings. The Morgan fingerprint density at radius 3 is 2.41 bits per heavy atom. The van der Waals surface area contributed by atoms with Crippen molar-refractivity contribution in [2.75, 3.05) is 18.6 Å². The van der Waals surface area contributed by atoms with Gasteiger partial charge in [-0.25, -0.2) is 13.4 Å². The van der Waals surface area contributed by atoms with E-state index in [1.165, 1.54) is 6.26 Å². The normalized spacial score (nSPS) is 13.0. The molecule has 0 saturated carbocycles. The fourth-order valence-electron chi connectivity index (χ4n) is 2.70. The maximum Gasteiger partial charge on any atom is 0.191 e. The molecule has 7 heteroatoms. The third-order valence-corrected chi connectivity index (χ3v) is 5.32. The molecule has 6 nitrogen and oxygen atoms in total. The fourth-order valence-corrected chi connectivity index (χ4v) is 3.49. The van der Waals surface area contributed by atoms with Gasteiger partial charge in [-0.15, -0.1) is 0 Å². The zero-order valence-corrected chi connectivity index (χ0v) is 18.4. The molecule has 29 heavy (non-hydrogen) atoms. The highest BCUT2D eigenvalue weighted by atomic mass is 32.2. The van der Waals surface area contributed by atoms with Crippen LogP contribution in [0.2, 0.25) is 0 Å². The van der Waals surface area contributed by atoms with E-state index in [1.807, 2.05) is 69.3 Å². The van der Waals surface area contributed by atoms with Gasteiger partial charge in [0, 0.05) is 24.4 Å². The number of ether oxygens (including phenoxy) is 1. The van der Waals surface area contributed by atoms with Crippen molar-refractivity contribution in [2.45, 2.75) is 39.8 Å². The summed E-state index contributed by atoms with van der Waals surface area (Å²) in [5, 5.41) is 6.48. The monoisotopic (exact) mass is 417 g/mol. The van der Waals surface area contributed by atoms with E-state index < -0.39 is 9.84 Å². The van der Waals surface area contributed by atoms with Crippen molar-refractivity contribution in [3.8, 4) is 11.5 Å². The number of nitrogens with one attached hydrogen (secondary N) is 2. The number of aliphatic imine (C=N–C) groups is 1. The molecule has 1 unspecified atom stereocenters. The first-order valence-corrected chi connectivity index (χ1v) is 11.9. The number of benzene rings is 2. The third-order valence-electron chi connectivity index (χ3n) is 4.34. The second kappa shape index (κ2) is 10.9. The molecule has 0 aliphatic carbocycles. The van der Waals surface area contributed by atoms with Crippen LogP contribution in [0.5, 0.6) is 11.5 Å². The van der Waals surface area contributed by atoms with Crippen LogP contribution in [0, 0.1) is 6.92 Å². The smallest absolute Gasteiger partial charge is 0.191 e. The van der Waals surface area contributed by atoms with E-state index >= 15 is 0 Å². The Labute approximate surface area is 174 Å². The van der Waals surface area contributed by atoms with E-state index in [1.54, 1.807) is 0 Å². The minimum atomic E-state index is -2.98. The summed E-state index contributed by atoms with van der Waals surface area (Å²) in [5.41, 5.74) is 2.04. The molecule has 158 valence electrons. The summed E-state index contributed by atoms with van der Waals surface area (Å²) in [5.74, 6) is 2.39. The lowest BCUT2D eigenvalue weighted by Gasteiger charge is -2.18. The van der Waals surface area contributed by atoms with Crippen molar-refractivity contribution in [1.29, 1.82) is 0 Å². The Bertz CT molecular complexity index is 926. The summed E-state index contributed by atoms with van der Waals surface area (Å²) in [4.78, 5) is 4.66. The summed E-state index contributed by atoms with van der Waals surface area (Å²) in [6.45, 7) is 7.12. The minimum Gasteiger partial charge on any atom is -0.457 e. The maximum absolute atomic E-state index is 11.4. The molecule has 0 radical (unpaired) electrons. The van der Waals surface area contributed by atoms with Gasteiger partial charge < -0.3 is 15.4 Å². The van der Waals surface area contributed by atoms with Crippen molar-refractivity contribution in [1.82, 2.24) is 10.6 Å². The van der Waals surface area contributed by atoms with Gasteiger partial charge >= 0.3 is 0 Å². The SMILES string of the molecule is CCNC(=NCc1ccccc1Oc1ccccc1C)NC(C)CCS(C)(=O)=O. The number of nitrogens with zero attached hydrogens (tertiary/aromatic N) is 1. The molecule has 0 saturated heterocycles. The summed E-state index contributed by atoms with van der Waals surface area (Å²) in [7, 11) is -2.98. The second-order valence-corrected chi connectivity index (χ2v) is 9.39. The molecule has 2 N–H and O–H groups in total. The molecule has 0 aromatic heterocycles. The Morgan fingerprint density at radius 2 is 1.76 bits per heavy atom. The topological polar surface area (TPSA) is 79.8 Å². The predicted octanol–water partition coefficient (Wildman–Crippen LogP) is 3.67. The largest absolute Gasteiger partial charge is 0.457 e. The zero-order valence-electron chi connectivity index (χ0n) is 17.6. The van der Waals surface area contributed by atoms with Gasteiger partial charge in [0.1, 0.15) is 21.3 Å². The Balaban J connectivity index is 2.10. The van der Waals surface area contributed by atoms with Gasteiger partial charge in [0.2, 0.25) is 0 Å². The van der Waals surface area contributed by atoms with Crippen molar-refractivity contribution >= 4 is 15.8 Å². The number of rotatable bonds is 9. The highest BCUT2D eigenvalue weighted by molar-refractivity contribution is 7.90. The number of guanidine groups is 1. The van der Waals surface area contributed by atoms with Gasteiger partial charge in [0.15, 0.2) is 5.96 Å². The van der Waals surface area contributed by atoms with Crippen LogP contribution in [-0.2, 0) is 16.4 Å². The van der Waals surface area contributed by atoms with Crippen LogP contribution in [0.25, 0.3) is 0 Å². The second-order valence-electron chi connectivity index (χ2n) is 7.13. The maximum atomic E-state index is 11.4. The number of aryl methyl sites for hydroxylation is 1. The molecule has 2 aromatic carbocycles. The first kappa shape index (κ1) is 22.7. The average Bonchev–Trinajstić information content (AvgIpc) is 2.67. The van der Waals surface area contributed by atoms with Gasteiger partial charge in [-0.05, 0) is 44.9 Å². The summed E-state index contributed by atoms with van der Waals surface area (Å²) in [6, 6.07) is 15.7. The molecule has 0 spiro atoms. The van der Waals surface area contributed by atoms with Gasteiger partial charge in [-0.2, -0.15) is 0 Å². The quantitative estimate of drug-likeness (QED) is 0.481. The molecule has 2 rings (SSSR count). The molecule has 1 atom stereocenters. The highest BCUT2D eigenvalue weighted by Gasteiger charge is 2.10. The Kier molecular flexibility index (Phi) is 8.51. The van der Waals surface area contributed by atoms with Crippen LogP contribution < -0.4 is 15.4 Å². The lowest BCUT2D eigenvalue weighted by molar-refractivity contribution is 0.472. The molecule has 0 heterocycles. The molecular formula is C22H31N3O3S. The Morgan fingerprint density at radius 1 is 1.10 bits per heavy atom. The van der Waals surface area contributed by atoms with Crippen LogP contribution in [0.1, 0.15) is 31.4 Å². The third kappa shape index (κ3) is 8.15. The van der Waals surface area contributed by atoms with Crippen LogP contribution in [0.3, 0.4) is 0 Å². The number of sulfone groups is 1. The molecule has 2 aromatic rings. The van der Waals surface area contributed by atoms with E-state index in [2.05, 4.69) is 15.6 Å². The fraction of sp³-hybridized carbons (Fsp3) is 0.409. The van der Waals surface area contributed by atoms with Gasteiger partial charge in [-0.1, -0.05) is 36.4 Å². The standard InChI is InChI=1S/C22H31N3O3S/c1-5-23-22(25-18(3)14-15-29(4,26)27)24-16-19-11-7-9-13-21(19)28-20-12-8-6-10-17(20)2/h6-13,18H,5,14-16H2,1-4H3,(H2,23,24,25). The van der Waals surface area contributed by atoms with Crippen LogP contribution in [-0.4, -0.2) is 39.0 Å². The average molecular weight is 418 g/mol. The number of hydrogen-bond donors (Lipinski definition) is 2. The molecule has 0 fully saturated rings. The van der Waals surface area contributed by atoms with E-state index in [0.717, 1.165) is 22.6 Å².